The molecule has 0 saturated carbocycles. The third-order valence-electron chi connectivity index (χ3n) is 2.47. The van der Waals surface area contributed by atoms with E-state index in [1.807, 2.05) is 13.8 Å². The fourth-order valence-corrected chi connectivity index (χ4v) is 2.53. The quantitative estimate of drug-likeness (QED) is 0.632. The van der Waals surface area contributed by atoms with Gasteiger partial charge in [0.2, 0.25) is 0 Å². The fraction of sp³-hybridized carbons (Fsp3) is 0.545. The number of nitrogens with zero attached hydrogens (tertiary/aromatic N) is 1. The molecule has 4 N–H and O–H groups in total. The van der Waals surface area contributed by atoms with Crippen LogP contribution < -0.4 is 10.6 Å². The van der Waals surface area contributed by atoms with E-state index in [1.165, 1.54) is 11.3 Å². The van der Waals surface area contributed by atoms with Crippen LogP contribution >= 0.6 is 11.3 Å². The predicted molar refractivity (Wildman–Crippen MR) is 70.2 cm³/mol. The van der Waals surface area contributed by atoms with E-state index in [-0.39, 0.29) is 6.04 Å². The topological polar surface area (TPSA) is 112 Å². The average molecular weight is 287 g/mol. The Kier molecular flexibility index (Phi) is 5.25. The van der Waals surface area contributed by atoms with Crippen molar-refractivity contribution < 1.29 is 19.8 Å². The number of aryl methyl sites for hydroxylation is 2. The maximum absolute atomic E-state index is 11.6. The van der Waals surface area contributed by atoms with E-state index in [1.54, 1.807) is 6.92 Å². The summed E-state index contributed by atoms with van der Waals surface area (Å²) in [6.07, 6.45) is 0. The number of aromatic nitrogens is 1. The number of carboxylic acid groups (broad SMARTS) is 1. The molecular formula is C11H17N3O4S. The molecule has 0 radical (unpaired) electrons. The van der Waals surface area contributed by atoms with E-state index in [2.05, 4.69) is 15.6 Å². The number of aliphatic hydroxyl groups excluding tert-OH is 1. The van der Waals surface area contributed by atoms with Crippen molar-refractivity contribution in [1.82, 2.24) is 15.6 Å². The first kappa shape index (κ1) is 15.4. The highest BCUT2D eigenvalue weighted by molar-refractivity contribution is 7.11. The van der Waals surface area contributed by atoms with E-state index in [0.29, 0.717) is 0 Å². The second-order valence-corrected chi connectivity index (χ2v) is 5.33. The molecule has 0 aliphatic carbocycles. The second-order valence-electron chi connectivity index (χ2n) is 4.10. The van der Waals surface area contributed by atoms with Gasteiger partial charge < -0.3 is 20.8 Å². The van der Waals surface area contributed by atoms with Crippen LogP contribution in [0, 0.1) is 13.8 Å². The number of urea groups is 1. The minimum Gasteiger partial charge on any atom is -0.480 e. The summed E-state index contributed by atoms with van der Waals surface area (Å²) < 4.78 is 0. The monoisotopic (exact) mass is 287 g/mol. The van der Waals surface area contributed by atoms with Crippen molar-refractivity contribution in [2.24, 2.45) is 0 Å². The molecule has 0 bridgehead atoms. The zero-order chi connectivity index (χ0) is 14.6. The first-order valence-corrected chi connectivity index (χ1v) is 6.51. The van der Waals surface area contributed by atoms with Gasteiger partial charge in [0, 0.05) is 4.88 Å². The van der Waals surface area contributed by atoms with E-state index in [9.17, 15) is 9.59 Å². The highest BCUT2D eigenvalue weighted by Crippen LogP contribution is 2.24. The smallest absolute Gasteiger partial charge is 0.328 e. The third kappa shape index (κ3) is 4.18. The van der Waals surface area contributed by atoms with E-state index in [0.717, 1.165) is 15.6 Å². The number of aliphatic hydroxyl groups is 1. The molecule has 7 nitrogen and oxygen atoms in total. The summed E-state index contributed by atoms with van der Waals surface area (Å²) in [4.78, 5) is 27.5. The minimum atomic E-state index is -1.31. The number of nitrogens with one attached hydrogen (secondary N) is 2. The Morgan fingerprint density at radius 3 is 2.42 bits per heavy atom. The maximum atomic E-state index is 11.6. The molecule has 0 aliphatic heterocycles. The van der Waals surface area contributed by atoms with Crippen molar-refractivity contribution in [3.05, 3.63) is 15.6 Å². The van der Waals surface area contributed by atoms with E-state index in [4.69, 9.17) is 10.2 Å². The Balaban J connectivity index is 2.62. The van der Waals surface area contributed by atoms with Crippen molar-refractivity contribution in [2.75, 3.05) is 6.61 Å². The van der Waals surface area contributed by atoms with Gasteiger partial charge in [-0.05, 0) is 20.8 Å². The summed E-state index contributed by atoms with van der Waals surface area (Å²) in [7, 11) is 0. The lowest BCUT2D eigenvalue weighted by Crippen LogP contribution is -2.48. The molecule has 2 atom stereocenters. The largest absolute Gasteiger partial charge is 0.480 e. The van der Waals surface area contributed by atoms with Crippen LogP contribution in [0.4, 0.5) is 4.79 Å². The number of hydrogen-bond acceptors (Lipinski definition) is 5. The zero-order valence-corrected chi connectivity index (χ0v) is 11.7. The third-order valence-corrected chi connectivity index (χ3v) is 3.72. The van der Waals surface area contributed by atoms with Gasteiger partial charge in [0.1, 0.15) is 0 Å². The molecular weight excluding hydrogens is 270 g/mol. The molecule has 1 heterocycles. The van der Waals surface area contributed by atoms with Crippen LogP contribution in [0.5, 0.6) is 0 Å². The first-order valence-electron chi connectivity index (χ1n) is 5.69. The highest BCUT2D eigenvalue weighted by Gasteiger charge is 2.21. The molecule has 0 aromatic carbocycles. The number of carboxylic acids is 1. The minimum absolute atomic E-state index is 0.278. The Hall–Kier alpha value is -1.67. The van der Waals surface area contributed by atoms with Crippen LogP contribution in [0.15, 0.2) is 0 Å². The Morgan fingerprint density at radius 2 is 2.00 bits per heavy atom. The number of amides is 2. The van der Waals surface area contributed by atoms with Gasteiger partial charge in [-0.3, -0.25) is 0 Å². The average Bonchev–Trinajstić information content (AvgIpc) is 2.65. The van der Waals surface area contributed by atoms with Crippen molar-refractivity contribution in [3.63, 3.8) is 0 Å². The van der Waals surface area contributed by atoms with Crippen LogP contribution in [0.3, 0.4) is 0 Å². The van der Waals surface area contributed by atoms with Crippen LogP contribution in [-0.4, -0.2) is 39.8 Å². The summed E-state index contributed by atoms with van der Waals surface area (Å²) in [5, 5.41) is 23.2. The number of thiazole rings is 1. The van der Waals surface area contributed by atoms with Gasteiger partial charge in [0.05, 0.1) is 23.4 Å². The van der Waals surface area contributed by atoms with Gasteiger partial charge in [-0.2, -0.15) is 0 Å². The molecule has 19 heavy (non-hydrogen) atoms. The lowest BCUT2D eigenvalue weighted by atomic mass is 10.2. The number of carbonyl (C=O) groups is 2. The Bertz CT molecular complexity index is 475. The summed E-state index contributed by atoms with van der Waals surface area (Å²) >= 11 is 1.48. The lowest BCUT2D eigenvalue weighted by Gasteiger charge is -2.16. The van der Waals surface area contributed by atoms with Gasteiger partial charge in [-0.25, -0.2) is 14.6 Å². The summed E-state index contributed by atoms with van der Waals surface area (Å²) in [6, 6.07) is -2.23. The molecule has 1 aromatic rings. The Labute approximate surface area is 114 Å². The highest BCUT2D eigenvalue weighted by atomic mass is 32.1. The molecule has 2 amide bonds. The molecule has 1 unspecified atom stereocenters. The summed E-state index contributed by atoms with van der Waals surface area (Å²) in [5.41, 5.74) is 0.840. The Morgan fingerprint density at radius 1 is 1.37 bits per heavy atom. The van der Waals surface area contributed by atoms with Crippen LogP contribution in [0.1, 0.15) is 28.5 Å². The van der Waals surface area contributed by atoms with Crippen molar-refractivity contribution in [1.29, 1.82) is 0 Å². The van der Waals surface area contributed by atoms with Gasteiger partial charge in [0.15, 0.2) is 6.04 Å². The standard InChI is InChI=1S/C11H17N3O4S/c1-5-9(19-7(3)12-5)6(2)13-11(18)14-8(4-15)10(16)17/h6,8,15H,4H2,1-3H3,(H,16,17)(H2,13,14,18)/t6?,8-/m0/s1. The number of aliphatic carboxylic acids is 1. The zero-order valence-electron chi connectivity index (χ0n) is 10.9. The number of rotatable bonds is 5. The van der Waals surface area contributed by atoms with Crippen LogP contribution in [-0.2, 0) is 4.79 Å². The maximum Gasteiger partial charge on any atom is 0.328 e. The van der Waals surface area contributed by atoms with E-state index < -0.39 is 24.6 Å². The summed E-state index contributed by atoms with van der Waals surface area (Å²) in [5.74, 6) is -1.28. The molecule has 1 rings (SSSR count). The van der Waals surface area contributed by atoms with Gasteiger partial charge in [-0.1, -0.05) is 0 Å². The molecule has 0 fully saturated rings. The van der Waals surface area contributed by atoms with Crippen molar-refractivity contribution in [2.45, 2.75) is 32.9 Å². The van der Waals surface area contributed by atoms with Crippen LogP contribution in [0.2, 0.25) is 0 Å². The number of hydrogen-bond donors (Lipinski definition) is 4. The van der Waals surface area contributed by atoms with E-state index >= 15 is 0 Å². The molecule has 0 aliphatic rings. The molecule has 106 valence electrons. The molecule has 1 aromatic heterocycles. The van der Waals surface area contributed by atoms with Gasteiger partial charge >= 0.3 is 12.0 Å². The van der Waals surface area contributed by atoms with Crippen LogP contribution in [0.25, 0.3) is 0 Å². The molecule has 0 spiro atoms. The molecule has 8 heteroatoms. The van der Waals surface area contributed by atoms with Crippen molar-refractivity contribution >= 4 is 23.3 Å². The lowest BCUT2D eigenvalue weighted by molar-refractivity contribution is -0.140. The fourth-order valence-electron chi connectivity index (χ4n) is 1.60. The normalized spacial score (nSPS) is 13.7. The SMILES string of the molecule is Cc1nc(C)c(C(C)NC(=O)N[C@@H](CO)C(=O)O)s1. The van der Waals surface area contributed by atoms with Gasteiger partial charge in [-0.15, -0.1) is 11.3 Å². The summed E-state index contributed by atoms with van der Waals surface area (Å²) in [6.45, 7) is 4.85. The van der Waals surface area contributed by atoms with Crippen molar-refractivity contribution in [3.8, 4) is 0 Å². The second kappa shape index (κ2) is 6.48. The van der Waals surface area contributed by atoms with Gasteiger partial charge in [0.25, 0.3) is 0 Å². The first-order chi connectivity index (χ1) is 8.85. The molecule has 0 saturated heterocycles. The number of carbonyl (C=O) groups excluding carboxylic acids is 1. The predicted octanol–water partition coefficient (Wildman–Crippen LogP) is 0.566.